The molecule has 8 heteroatoms. The minimum atomic E-state index is -1.16. The van der Waals surface area contributed by atoms with E-state index in [1.165, 1.54) is 12.5 Å². The molecule has 0 bridgehead atoms. The Morgan fingerprint density at radius 1 is 1.27 bits per heavy atom. The number of aromatic nitrogens is 4. The summed E-state index contributed by atoms with van der Waals surface area (Å²) in [6.07, 6.45) is 8.78. The number of benzene rings is 1. The van der Waals surface area contributed by atoms with E-state index in [9.17, 15) is 15.0 Å². The molecule has 0 aliphatic heterocycles. The fraction of sp³-hybridized carbons (Fsp3) is 0.455. The maximum absolute atomic E-state index is 12.6. The Balaban J connectivity index is 1.66. The number of aliphatic hydroxyl groups is 2. The molecule has 0 unspecified atom stereocenters. The highest BCUT2D eigenvalue weighted by molar-refractivity contribution is 6.04. The van der Waals surface area contributed by atoms with Gasteiger partial charge in [0.15, 0.2) is 0 Å². The van der Waals surface area contributed by atoms with Crippen LogP contribution in [0.1, 0.15) is 61.6 Å². The molecule has 30 heavy (non-hydrogen) atoms. The molecular weight excluding hydrogens is 382 g/mol. The summed E-state index contributed by atoms with van der Waals surface area (Å²) in [6.45, 7) is 3.61. The lowest BCUT2D eigenvalue weighted by atomic mass is 9.87. The Morgan fingerprint density at radius 2 is 2.03 bits per heavy atom. The van der Waals surface area contributed by atoms with E-state index in [4.69, 9.17) is 5.10 Å². The van der Waals surface area contributed by atoms with Gasteiger partial charge < -0.3 is 15.5 Å². The van der Waals surface area contributed by atoms with Crippen LogP contribution in [-0.4, -0.2) is 42.5 Å². The smallest absolute Gasteiger partial charge is 0.274 e. The van der Waals surface area contributed by atoms with Crippen LogP contribution < -0.4 is 5.32 Å². The van der Waals surface area contributed by atoms with E-state index >= 15 is 0 Å². The monoisotopic (exact) mass is 409 g/mol. The summed E-state index contributed by atoms with van der Waals surface area (Å²) in [5.74, 6) is 0.0218. The fourth-order valence-electron chi connectivity index (χ4n) is 4.09. The summed E-state index contributed by atoms with van der Waals surface area (Å²) in [5.41, 5.74) is 0.985. The van der Waals surface area contributed by atoms with Gasteiger partial charge in [-0.3, -0.25) is 9.48 Å². The molecule has 3 N–H and O–H groups in total. The Labute approximate surface area is 175 Å². The number of nitrogens with one attached hydrogen (secondary N) is 1. The molecule has 0 saturated heterocycles. The van der Waals surface area contributed by atoms with Gasteiger partial charge in [-0.25, -0.2) is 9.97 Å². The number of carbonyl (C=O) groups excluding carboxylic acids is 1. The maximum Gasteiger partial charge on any atom is 0.274 e. The topological polar surface area (TPSA) is 113 Å². The zero-order valence-electron chi connectivity index (χ0n) is 17.2. The second kappa shape index (κ2) is 8.12. The van der Waals surface area contributed by atoms with Crippen molar-refractivity contribution in [3.05, 3.63) is 48.2 Å². The number of aliphatic hydroxyl groups excluding tert-OH is 1. The second-order valence-corrected chi connectivity index (χ2v) is 8.53. The lowest BCUT2D eigenvalue weighted by molar-refractivity contribution is 0.0793. The van der Waals surface area contributed by atoms with Crippen molar-refractivity contribution in [1.82, 2.24) is 19.7 Å². The molecular formula is C22H27N5O3. The Hall–Kier alpha value is -2.84. The molecule has 1 aliphatic carbocycles. The number of carbonyl (C=O) groups is 1. The van der Waals surface area contributed by atoms with Crippen molar-refractivity contribution in [2.45, 2.75) is 51.2 Å². The molecule has 2 heterocycles. The van der Waals surface area contributed by atoms with Crippen molar-refractivity contribution >= 4 is 22.5 Å². The Morgan fingerprint density at radius 3 is 2.67 bits per heavy atom. The van der Waals surface area contributed by atoms with Gasteiger partial charge in [-0.15, -0.1) is 0 Å². The van der Waals surface area contributed by atoms with Crippen molar-refractivity contribution in [1.29, 1.82) is 0 Å². The summed E-state index contributed by atoms with van der Waals surface area (Å²) in [4.78, 5) is 20.4. The molecule has 1 aliphatic rings. The molecule has 3 aromatic rings. The molecule has 1 fully saturated rings. The number of anilines is 1. The van der Waals surface area contributed by atoms with E-state index in [-0.39, 0.29) is 18.2 Å². The predicted octanol–water partition coefficient (Wildman–Crippen LogP) is 3.03. The highest BCUT2D eigenvalue weighted by atomic mass is 16.3. The standard InChI is InChI=1S/C22H27N5O3/c1-22(2,30)17-10-19-15(9-20(17)25-21(29)18-7-8-23-13-24-18)11-27(26-19)16-5-3-14(12-28)4-6-16/h7-11,13-14,16,28,30H,3-6,12H2,1-2H3,(H,25,29). The second-order valence-electron chi connectivity index (χ2n) is 8.53. The van der Waals surface area contributed by atoms with Crippen LogP contribution in [-0.2, 0) is 5.60 Å². The molecule has 0 atom stereocenters. The third-order valence-corrected chi connectivity index (χ3v) is 5.83. The van der Waals surface area contributed by atoms with E-state index in [0.717, 1.165) is 36.6 Å². The van der Waals surface area contributed by atoms with Crippen LogP contribution in [0.3, 0.4) is 0 Å². The third kappa shape index (κ3) is 4.20. The summed E-state index contributed by atoms with van der Waals surface area (Å²) < 4.78 is 1.99. The van der Waals surface area contributed by atoms with Gasteiger partial charge in [0.05, 0.1) is 17.2 Å². The van der Waals surface area contributed by atoms with Crippen LogP contribution >= 0.6 is 0 Å². The zero-order valence-corrected chi connectivity index (χ0v) is 17.2. The Bertz CT molecular complexity index is 1030. The van der Waals surface area contributed by atoms with Gasteiger partial charge in [-0.05, 0) is 63.6 Å². The third-order valence-electron chi connectivity index (χ3n) is 5.83. The minimum Gasteiger partial charge on any atom is -0.396 e. The first-order valence-electron chi connectivity index (χ1n) is 10.3. The van der Waals surface area contributed by atoms with Crippen molar-refractivity contribution in [3.8, 4) is 0 Å². The van der Waals surface area contributed by atoms with E-state index < -0.39 is 5.60 Å². The number of hydrogen-bond acceptors (Lipinski definition) is 6. The molecule has 2 aromatic heterocycles. The zero-order chi connectivity index (χ0) is 21.3. The van der Waals surface area contributed by atoms with Crippen LogP contribution in [0, 0.1) is 5.92 Å². The lowest BCUT2D eigenvalue weighted by Crippen LogP contribution is -2.21. The van der Waals surface area contributed by atoms with Crippen LogP contribution in [0.4, 0.5) is 5.69 Å². The number of amides is 1. The van der Waals surface area contributed by atoms with Crippen molar-refractivity contribution < 1.29 is 15.0 Å². The molecule has 0 spiro atoms. The largest absolute Gasteiger partial charge is 0.396 e. The van der Waals surface area contributed by atoms with Gasteiger partial charge in [0.2, 0.25) is 0 Å². The van der Waals surface area contributed by atoms with Crippen molar-refractivity contribution in [2.75, 3.05) is 11.9 Å². The summed E-state index contributed by atoms with van der Waals surface area (Å²) >= 11 is 0. The Kier molecular flexibility index (Phi) is 5.53. The van der Waals surface area contributed by atoms with Crippen LogP contribution in [0.15, 0.2) is 36.9 Å². The molecule has 1 aromatic carbocycles. The maximum atomic E-state index is 12.6. The normalized spacial score (nSPS) is 19.7. The number of hydrogen-bond donors (Lipinski definition) is 3. The van der Waals surface area contributed by atoms with Crippen LogP contribution in [0.5, 0.6) is 0 Å². The van der Waals surface area contributed by atoms with Gasteiger partial charge in [0, 0.05) is 35.6 Å². The summed E-state index contributed by atoms with van der Waals surface area (Å²) in [5, 5.41) is 28.6. The first-order chi connectivity index (χ1) is 14.3. The first-order valence-corrected chi connectivity index (χ1v) is 10.3. The highest BCUT2D eigenvalue weighted by Crippen LogP contribution is 2.35. The van der Waals surface area contributed by atoms with Gasteiger partial charge in [-0.2, -0.15) is 5.10 Å². The van der Waals surface area contributed by atoms with Gasteiger partial charge in [0.1, 0.15) is 12.0 Å². The van der Waals surface area contributed by atoms with E-state index in [2.05, 4.69) is 15.3 Å². The average molecular weight is 409 g/mol. The molecule has 0 radical (unpaired) electrons. The quantitative estimate of drug-likeness (QED) is 0.597. The van der Waals surface area contributed by atoms with Gasteiger partial charge >= 0.3 is 0 Å². The van der Waals surface area contributed by atoms with Crippen molar-refractivity contribution in [3.63, 3.8) is 0 Å². The SMILES string of the molecule is CC(C)(O)c1cc2nn(C3CCC(CO)CC3)cc2cc1NC(=O)c1ccncn1. The first kappa shape index (κ1) is 20.4. The van der Waals surface area contributed by atoms with Crippen molar-refractivity contribution in [2.24, 2.45) is 5.92 Å². The number of nitrogens with zero attached hydrogens (tertiary/aromatic N) is 4. The fourth-order valence-corrected chi connectivity index (χ4v) is 4.09. The summed E-state index contributed by atoms with van der Waals surface area (Å²) in [6, 6.07) is 5.52. The molecule has 158 valence electrons. The molecule has 1 saturated carbocycles. The number of rotatable bonds is 5. The van der Waals surface area contributed by atoms with E-state index in [1.807, 2.05) is 23.0 Å². The average Bonchev–Trinajstić information content (AvgIpc) is 3.16. The van der Waals surface area contributed by atoms with Gasteiger partial charge in [-0.1, -0.05) is 0 Å². The van der Waals surface area contributed by atoms with E-state index in [0.29, 0.717) is 23.2 Å². The minimum absolute atomic E-state index is 0.248. The predicted molar refractivity (Wildman–Crippen MR) is 113 cm³/mol. The van der Waals surface area contributed by atoms with Crippen LogP contribution in [0.25, 0.3) is 10.9 Å². The van der Waals surface area contributed by atoms with E-state index in [1.54, 1.807) is 19.9 Å². The number of fused-ring (bicyclic) bond motifs is 1. The summed E-state index contributed by atoms with van der Waals surface area (Å²) in [7, 11) is 0. The van der Waals surface area contributed by atoms with Gasteiger partial charge in [0.25, 0.3) is 5.91 Å². The highest BCUT2D eigenvalue weighted by Gasteiger charge is 2.26. The molecule has 4 rings (SSSR count). The molecule has 1 amide bonds. The lowest BCUT2D eigenvalue weighted by Gasteiger charge is -2.27. The van der Waals surface area contributed by atoms with Crippen LogP contribution in [0.2, 0.25) is 0 Å². The molecule has 8 nitrogen and oxygen atoms in total.